The number of aryl methyl sites for hydroxylation is 2. The van der Waals surface area contributed by atoms with Gasteiger partial charge >= 0.3 is 0 Å². The Balaban J connectivity index is 1.78. The predicted molar refractivity (Wildman–Crippen MR) is 80.4 cm³/mol. The van der Waals surface area contributed by atoms with Gasteiger partial charge in [-0.3, -0.25) is 4.79 Å². The van der Waals surface area contributed by atoms with Crippen molar-refractivity contribution >= 4 is 28.8 Å². The first-order valence-electron chi connectivity index (χ1n) is 6.12. The van der Waals surface area contributed by atoms with E-state index in [4.69, 9.17) is 16.3 Å². The average molecular weight is 311 g/mol. The molecule has 0 radical (unpaired) electrons. The van der Waals surface area contributed by atoms with Crippen LogP contribution >= 0.6 is 22.9 Å². The molecule has 1 heterocycles. The number of nitrogens with zero attached hydrogens (tertiary/aromatic N) is 1. The van der Waals surface area contributed by atoms with Crippen LogP contribution in [0.15, 0.2) is 24.3 Å². The minimum absolute atomic E-state index is 0.0154. The molecule has 0 saturated heterocycles. The lowest BCUT2D eigenvalue weighted by molar-refractivity contribution is -0.123. The molecule has 0 unspecified atom stereocenters. The van der Waals surface area contributed by atoms with E-state index in [9.17, 15) is 4.79 Å². The van der Waals surface area contributed by atoms with Crippen LogP contribution < -0.4 is 10.1 Å². The van der Waals surface area contributed by atoms with Crippen LogP contribution in [-0.2, 0) is 11.3 Å². The summed E-state index contributed by atoms with van der Waals surface area (Å²) in [7, 11) is 0. The molecule has 0 spiro atoms. The molecule has 1 N–H and O–H groups in total. The van der Waals surface area contributed by atoms with Crippen molar-refractivity contribution in [1.82, 2.24) is 10.3 Å². The molecule has 1 aromatic heterocycles. The lowest BCUT2D eigenvalue weighted by Gasteiger charge is -2.07. The zero-order chi connectivity index (χ0) is 14.5. The molecule has 4 nitrogen and oxygen atoms in total. The van der Waals surface area contributed by atoms with E-state index in [2.05, 4.69) is 10.3 Å². The molecule has 2 aromatic rings. The number of aromatic nitrogens is 1. The van der Waals surface area contributed by atoms with Gasteiger partial charge in [-0.15, -0.1) is 11.3 Å². The van der Waals surface area contributed by atoms with Gasteiger partial charge in [0.1, 0.15) is 5.75 Å². The summed E-state index contributed by atoms with van der Waals surface area (Å²) < 4.78 is 5.36. The predicted octanol–water partition coefficient (Wildman–Crippen LogP) is 3.11. The van der Waals surface area contributed by atoms with Crippen LogP contribution in [0.2, 0.25) is 5.02 Å². The number of rotatable bonds is 5. The van der Waals surface area contributed by atoms with Crippen LogP contribution in [-0.4, -0.2) is 17.5 Å². The fraction of sp³-hybridized carbons (Fsp3) is 0.286. The highest BCUT2D eigenvalue weighted by atomic mass is 35.5. The van der Waals surface area contributed by atoms with E-state index in [1.165, 1.54) is 0 Å². The molecule has 1 aromatic carbocycles. The third kappa shape index (κ3) is 4.21. The van der Waals surface area contributed by atoms with Gasteiger partial charge in [0.15, 0.2) is 6.61 Å². The lowest BCUT2D eigenvalue weighted by atomic mass is 10.3. The molecule has 0 aliphatic rings. The monoisotopic (exact) mass is 310 g/mol. The quantitative estimate of drug-likeness (QED) is 0.923. The normalized spacial score (nSPS) is 10.3. The SMILES string of the molecule is Cc1nc(C)c(CNC(=O)COc2ccc(Cl)cc2)s1. The third-order valence-electron chi connectivity index (χ3n) is 2.63. The number of halogens is 1. The summed E-state index contributed by atoms with van der Waals surface area (Å²) in [6, 6.07) is 6.90. The Morgan fingerprint density at radius 2 is 2.05 bits per heavy atom. The Kier molecular flexibility index (Phi) is 4.98. The van der Waals surface area contributed by atoms with Crippen LogP contribution in [0.25, 0.3) is 0 Å². The maximum atomic E-state index is 11.7. The van der Waals surface area contributed by atoms with Gasteiger partial charge in [0.25, 0.3) is 5.91 Å². The smallest absolute Gasteiger partial charge is 0.258 e. The second-order valence-corrected chi connectivity index (χ2v) is 5.98. The molecule has 1 amide bonds. The van der Waals surface area contributed by atoms with Crippen molar-refractivity contribution in [1.29, 1.82) is 0 Å². The minimum Gasteiger partial charge on any atom is -0.484 e. The molecule has 6 heteroatoms. The van der Waals surface area contributed by atoms with E-state index in [1.807, 2.05) is 13.8 Å². The zero-order valence-electron chi connectivity index (χ0n) is 11.3. The van der Waals surface area contributed by atoms with Gasteiger partial charge in [-0.2, -0.15) is 0 Å². The van der Waals surface area contributed by atoms with Crippen molar-refractivity contribution < 1.29 is 9.53 Å². The largest absolute Gasteiger partial charge is 0.484 e. The van der Waals surface area contributed by atoms with Crippen molar-refractivity contribution in [2.45, 2.75) is 20.4 Å². The summed E-state index contributed by atoms with van der Waals surface area (Å²) in [5, 5.41) is 4.46. The fourth-order valence-corrected chi connectivity index (χ4v) is 2.65. The Hall–Kier alpha value is -1.59. The van der Waals surface area contributed by atoms with Crippen LogP contribution in [0.1, 0.15) is 15.6 Å². The Morgan fingerprint density at radius 1 is 1.35 bits per heavy atom. The zero-order valence-corrected chi connectivity index (χ0v) is 12.8. The molecule has 106 valence electrons. The number of hydrogen-bond donors (Lipinski definition) is 1. The van der Waals surface area contributed by atoms with Crippen LogP contribution in [0.5, 0.6) is 5.75 Å². The second-order valence-electron chi connectivity index (χ2n) is 4.26. The van der Waals surface area contributed by atoms with E-state index in [0.29, 0.717) is 17.3 Å². The van der Waals surface area contributed by atoms with Gasteiger partial charge in [0.05, 0.1) is 17.2 Å². The van der Waals surface area contributed by atoms with Gasteiger partial charge in [-0.05, 0) is 38.1 Å². The number of nitrogens with one attached hydrogen (secondary N) is 1. The van der Waals surface area contributed by atoms with E-state index >= 15 is 0 Å². The van der Waals surface area contributed by atoms with Gasteiger partial charge < -0.3 is 10.1 Å². The number of benzene rings is 1. The molecular formula is C14H15ClN2O2S. The molecule has 0 atom stereocenters. The highest BCUT2D eigenvalue weighted by Crippen LogP contribution is 2.17. The highest BCUT2D eigenvalue weighted by Gasteiger charge is 2.07. The highest BCUT2D eigenvalue weighted by molar-refractivity contribution is 7.11. The average Bonchev–Trinajstić information content (AvgIpc) is 2.74. The molecule has 20 heavy (non-hydrogen) atoms. The molecular weight excluding hydrogens is 296 g/mol. The first kappa shape index (κ1) is 14.8. The summed E-state index contributed by atoms with van der Waals surface area (Å²) >= 11 is 7.36. The van der Waals surface area contributed by atoms with Crippen LogP contribution in [0.3, 0.4) is 0 Å². The minimum atomic E-state index is -0.162. The summed E-state index contributed by atoms with van der Waals surface area (Å²) in [5.41, 5.74) is 0.964. The standard InChI is InChI=1S/C14H15ClN2O2S/c1-9-13(20-10(2)17-9)7-16-14(18)8-19-12-5-3-11(15)4-6-12/h3-6H,7-8H2,1-2H3,(H,16,18). The summed E-state index contributed by atoms with van der Waals surface area (Å²) in [4.78, 5) is 17.1. The van der Waals surface area contributed by atoms with Gasteiger partial charge in [0.2, 0.25) is 0 Å². The van der Waals surface area contributed by atoms with Gasteiger partial charge in [-0.25, -0.2) is 4.98 Å². The maximum absolute atomic E-state index is 11.7. The van der Waals surface area contributed by atoms with E-state index < -0.39 is 0 Å². The summed E-state index contributed by atoms with van der Waals surface area (Å²) in [6.07, 6.45) is 0. The van der Waals surface area contributed by atoms with Crippen molar-refractivity contribution in [2.24, 2.45) is 0 Å². The van der Waals surface area contributed by atoms with Crippen molar-refractivity contribution in [2.75, 3.05) is 6.61 Å². The Morgan fingerprint density at radius 3 is 2.65 bits per heavy atom. The van der Waals surface area contributed by atoms with Crippen LogP contribution in [0.4, 0.5) is 0 Å². The maximum Gasteiger partial charge on any atom is 0.258 e. The number of carbonyl (C=O) groups excluding carboxylic acids is 1. The van der Waals surface area contributed by atoms with E-state index in [-0.39, 0.29) is 12.5 Å². The van der Waals surface area contributed by atoms with E-state index in [0.717, 1.165) is 15.6 Å². The molecule has 0 aliphatic heterocycles. The molecule has 0 saturated carbocycles. The van der Waals surface area contributed by atoms with Crippen LogP contribution in [0, 0.1) is 13.8 Å². The number of ether oxygens (including phenoxy) is 1. The summed E-state index contributed by atoms with van der Waals surface area (Å²) in [5.74, 6) is 0.458. The van der Waals surface area contributed by atoms with Gasteiger partial charge in [0, 0.05) is 9.90 Å². The summed E-state index contributed by atoms with van der Waals surface area (Å²) in [6.45, 7) is 4.36. The van der Waals surface area contributed by atoms with Crippen molar-refractivity contribution in [3.8, 4) is 5.75 Å². The van der Waals surface area contributed by atoms with E-state index in [1.54, 1.807) is 35.6 Å². The lowest BCUT2D eigenvalue weighted by Crippen LogP contribution is -2.28. The van der Waals surface area contributed by atoms with Crippen molar-refractivity contribution in [3.63, 3.8) is 0 Å². The second kappa shape index (κ2) is 6.72. The number of thiazole rings is 1. The van der Waals surface area contributed by atoms with Crippen molar-refractivity contribution in [3.05, 3.63) is 44.9 Å². The molecule has 0 fully saturated rings. The first-order chi connectivity index (χ1) is 9.54. The molecule has 2 rings (SSSR count). The fourth-order valence-electron chi connectivity index (χ4n) is 1.65. The Labute approximate surface area is 126 Å². The first-order valence-corrected chi connectivity index (χ1v) is 7.32. The topological polar surface area (TPSA) is 51.2 Å². The molecule has 0 bridgehead atoms. The number of carbonyl (C=O) groups is 1. The number of amides is 1. The Bertz CT molecular complexity index is 596. The molecule has 0 aliphatic carbocycles. The number of hydrogen-bond acceptors (Lipinski definition) is 4. The van der Waals surface area contributed by atoms with Gasteiger partial charge in [-0.1, -0.05) is 11.6 Å². The third-order valence-corrected chi connectivity index (χ3v) is 3.95.